The van der Waals surface area contributed by atoms with Crippen molar-refractivity contribution in [2.24, 2.45) is 11.8 Å². The molecule has 0 rings (SSSR count). The van der Waals surface area contributed by atoms with Crippen LogP contribution in [0.15, 0.2) is 0 Å². The predicted molar refractivity (Wildman–Crippen MR) is 49.7 cm³/mol. The average Bonchev–Trinajstić information content (AvgIpc) is 1.97. The van der Waals surface area contributed by atoms with E-state index in [-0.39, 0.29) is 0 Å². The molecule has 0 spiro atoms. The lowest BCUT2D eigenvalue weighted by atomic mass is 9.99. The summed E-state index contributed by atoms with van der Waals surface area (Å²) in [7, 11) is 1.55. The molecule has 0 aliphatic heterocycles. The van der Waals surface area contributed by atoms with Crippen LogP contribution in [0.25, 0.3) is 0 Å². The van der Waals surface area contributed by atoms with Gasteiger partial charge < -0.3 is 0 Å². The summed E-state index contributed by atoms with van der Waals surface area (Å²) in [5, 5.41) is 0. The molecule has 0 amide bonds. The molecule has 0 aromatic rings. The molecule has 0 aromatic carbocycles. The Balaban J connectivity index is 3.51. The molecule has 0 saturated heterocycles. The first kappa shape index (κ1) is 11.3. The summed E-state index contributed by atoms with van der Waals surface area (Å²) < 4.78 is 0. The van der Waals surface area contributed by atoms with E-state index in [9.17, 15) is 0 Å². The second-order valence-corrected chi connectivity index (χ2v) is 3.82. The Kier molecular flexibility index (Phi) is 7.12. The van der Waals surface area contributed by atoms with E-state index in [1.165, 1.54) is 0 Å². The lowest BCUT2D eigenvalue weighted by Crippen LogP contribution is -2.18. The van der Waals surface area contributed by atoms with Crippen LogP contribution in [0, 0.1) is 11.8 Å². The third kappa shape index (κ3) is 5.53. The number of thioether (sulfide) groups is 1. The summed E-state index contributed by atoms with van der Waals surface area (Å²) in [5.74, 6) is 2.41. The van der Waals surface area contributed by atoms with Crippen LogP contribution in [0.2, 0.25) is 0 Å². The summed E-state index contributed by atoms with van der Waals surface area (Å²) in [6, 6.07) is 0. The maximum Gasteiger partial charge on any atom is 0.0860 e. The Morgan fingerprint density at radius 2 is 2.00 bits per heavy atom. The van der Waals surface area contributed by atoms with Gasteiger partial charge >= 0.3 is 0 Å². The van der Waals surface area contributed by atoms with Crippen LogP contribution in [0.3, 0.4) is 0 Å². The zero-order valence-corrected chi connectivity index (χ0v) is 8.61. The molecule has 1 unspecified atom stereocenters. The highest BCUT2D eigenvalue weighted by molar-refractivity contribution is 7.98. The molecule has 2 nitrogen and oxygen atoms in total. The maximum atomic E-state index is 4.90. The Morgan fingerprint density at radius 3 is 2.36 bits per heavy atom. The highest BCUT2D eigenvalue weighted by atomic mass is 32.2. The van der Waals surface area contributed by atoms with Gasteiger partial charge in [-0.25, -0.2) is 9.78 Å². The van der Waals surface area contributed by atoms with Gasteiger partial charge in [-0.05, 0) is 23.8 Å². The zero-order chi connectivity index (χ0) is 8.69. The van der Waals surface area contributed by atoms with Gasteiger partial charge in [0.05, 0.1) is 13.7 Å². The second-order valence-electron chi connectivity index (χ2n) is 2.91. The summed E-state index contributed by atoms with van der Waals surface area (Å²) in [6.07, 6.45) is 2.11. The third-order valence-corrected chi connectivity index (χ3v) is 2.49. The smallest absolute Gasteiger partial charge is 0.0860 e. The molecule has 0 bridgehead atoms. The quantitative estimate of drug-likeness (QED) is 0.459. The van der Waals surface area contributed by atoms with Gasteiger partial charge in [-0.1, -0.05) is 13.8 Å². The van der Waals surface area contributed by atoms with Crippen molar-refractivity contribution >= 4 is 11.8 Å². The first-order chi connectivity index (χ1) is 5.22. The molecule has 0 aliphatic carbocycles. The second kappa shape index (κ2) is 6.95. The molecular weight excluding hydrogens is 160 g/mol. The van der Waals surface area contributed by atoms with Crippen LogP contribution in [0.4, 0.5) is 0 Å². The van der Waals surface area contributed by atoms with Gasteiger partial charge in [0.2, 0.25) is 0 Å². The molecule has 68 valence electrons. The number of hydrogen-bond donors (Lipinski definition) is 0. The van der Waals surface area contributed by atoms with Crippen molar-refractivity contribution in [3.8, 4) is 0 Å². The molecule has 11 heavy (non-hydrogen) atoms. The maximum absolute atomic E-state index is 4.90. The van der Waals surface area contributed by atoms with Gasteiger partial charge in [-0.2, -0.15) is 11.8 Å². The summed E-state index contributed by atoms with van der Waals surface area (Å²) in [6.45, 7) is 5.12. The van der Waals surface area contributed by atoms with Crippen molar-refractivity contribution in [2.75, 3.05) is 25.7 Å². The Hall–Kier alpha value is 0.270. The molecule has 0 radical (unpaired) electrons. The van der Waals surface area contributed by atoms with E-state index in [0.29, 0.717) is 18.4 Å². The molecular formula is C8H18O2S. The van der Waals surface area contributed by atoms with Gasteiger partial charge in [-0.3, -0.25) is 0 Å². The highest BCUT2D eigenvalue weighted by Crippen LogP contribution is 2.15. The van der Waals surface area contributed by atoms with Gasteiger partial charge in [0.1, 0.15) is 0 Å². The van der Waals surface area contributed by atoms with E-state index in [4.69, 9.17) is 4.89 Å². The van der Waals surface area contributed by atoms with Crippen LogP contribution >= 0.6 is 11.8 Å². The van der Waals surface area contributed by atoms with E-state index < -0.39 is 0 Å². The minimum atomic E-state index is 0.602. The van der Waals surface area contributed by atoms with Crippen molar-refractivity contribution in [1.82, 2.24) is 0 Å². The highest BCUT2D eigenvalue weighted by Gasteiger charge is 2.12. The van der Waals surface area contributed by atoms with Gasteiger partial charge in [-0.15, -0.1) is 0 Å². The van der Waals surface area contributed by atoms with Crippen molar-refractivity contribution in [3.63, 3.8) is 0 Å². The van der Waals surface area contributed by atoms with E-state index in [2.05, 4.69) is 25.0 Å². The first-order valence-electron chi connectivity index (χ1n) is 3.87. The fourth-order valence-corrected chi connectivity index (χ4v) is 1.71. The molecule has 1 atom stereocenters. The van der Waals surface area contributed by atoms with Gasteiger partial charge in [0.15, 0.2) is 0 Å². The fraction of sp³-hybridized carbons (Fsp3) is 1.00. The molecule has 0 saturated carbocycles. The van der Waals surface area contributed by atoms with E-state index in [1.54, 1.807) is 7.11 Å². The first-order valence-corrected chi connectivity index (χ1v) is 5.26. The number of hydrogen-bond acceptors (Lipinski definition) is 3. The minimum absolute atomic E-state index is 0.602. The topological polar surface area (TPSA) is 18.5 Å². The summed E-state index contributed by atoms with van der Waals surface area (Å²) in [5.41, 5.74) is 0. The molecule has 0 aliphatic rings. The Morgan fingerprint density at radius 1 is 1.36 bits per heavy atom. The predicted octanol–water partition coefficient (Wildman–Crippen LogP) is 2.20. The lowest BCUT2D eigenvalue weighted by molar-refractivity contribution is -0.280. The molecule has 0 heterocycles. The van der Waals surface area contributed by atoms with Crippen LogP contribution in [0.5, 0.6) is 0 Å². The van der Waals surface area contributed by atoms with Crippen molar-refractivity contribution < 1.29 is 9.78 Å². The molecule has 0 fully saturated rings. The van der Waals surface area contributed by atoms with Gasteiger partial charge in [0.25, 0.3) is 0 Å². The minimum Gasteiger partial charge on any atom is -0.240 e. The summed E-state index contributed by atoms with van der Waals surface area (Å²) in [4.78, 5) is 9.46. The third-order valence-electron chi connectivity index (χ3n) is 1.72. The van der Waals surface area contributed by atoms with Crippen LogP contribution in [-0.2, 0) is 9.78 Å². The van der Waals surface area contributed by atoms with E-state index in [1.807, 2.05) is 11.8 Å². The monoisotopic (exact) mass is 178 g/mol. The summed E-state index contributed by atoms with van der Waals surface area (Å²) >= 11 is 1.85. The lowest BCUT2D eigenvalue weighted by Gasteiger charge is -2.18. The van der Waals surface area contributed by atoms with Crippen molar-refractivity contribution in [3.05, 3.63) is 0 Å². The zero-order valence-electron chi connectivity index (χ0n) is 7.79. The Labute approximate surface area is 73.6 Å². The molecule has 3 heteroatoms. The van der Waals surface area contributed by atoms with Crippen molar-refractivity contribution in [2.45, 2.75) is 13.8 Å². The average molecular weight is 178 g/mol. The van der Waals surface area contributed by atoms with Crippen LogP contribution < -0.4 is 0 Å². The molecule has 0 N–H and O–H groups in total. The largest absolute Gasteiger partial charge is 0.240 e. The van der Waals surface area contributed by atoms with E-state index in [0.717, 1.165) is 5.75 Å². The molecule has 0 aromatic heterocycles. The normalized spacial score (nSPS) is 13.9. The van der Waals surface area contributed by atoms with E-state index >= 15 is 0 Å². The Bertz CT molecular complexity index is 86.2. The van der Waals surface area contributed by atoms with Crippen molar-refractivity contribution in [1.29, 1.82) is 0 Å². The number of rotatable bonds is 6. The standard InChI is InChI=1S/C8H18O2S/c1-7(2)8(6-11-4)5-10-9-3/h7-8H,5-6H2,1-4H3. The SMILES string of the molecule is COOCC(CSC)C(C)C. The fourth-order valence-electron chi connectivity index (χ4n) is 0.803. The van der Waals surface area contributed by atoms with Crippen LogP contribution in [-0.4, -0.2) is 25.7 Å². The van der Waals surface area contributed by atoms with Crippen LogP contribution in [0.1, 0.15) is 13.8 Å². The van der Waals surface area contributed by atoms with Gasteiger partial charge in [0, 0.05) is 0 Å².